The number of hydrogen-bond donors (Lipinski definition) is 1. The fourth-order valence-corrected chi connectivity index (χ4v) is 3.56. The minimum Gasteiger partial charge on any atom is -0.305 e. The molecule has 2 aromatic rings. The van der Waals surface area contributed by atoms with Crippen molar-refractivity contribution in [2.45, 2.75) is 33.4 Å². The minimum atomic E-state index is 0.447. The third-order valence-corrected chi connectivity index (χ3v) is 4.88. The van der Waals surface area contributed by atoms with E-state index in [1.54, 1.807) is 0 Å². The maximum atomic E-state index is 3.58. The normalized spacial score (nSPS) is 12.9. The summed E-state index contributed by atoms with van der Waals surface area (Å²) in [7, 11) is 0. The second-order valence-electron chi connectivity index (χ2n) is 4.08. The summed E-state index contributed by atoms with van der Waals surface area (Å²) in [5.74, 6) is 0. The van der Waals surface area contributed by atoms with Crippen LogP contribution in [0.1, 0.15) is 33.2 Å². The Bertz CT molecular complexity index is 456. The molecule has 1 atom stereocenters. The van der Waals surface area contributed by atoms with Gasteiger partial charge < -0.3 is 5.32 Å². The summed E-state index contributed by atoms with van der Waals surface area (Å²) in [5.41, 5.74) is 1.40. The predicted molar refractivity (Wildman–Crippen MR) is 73.4 cm³/mol. The van der Waals surface area contributed by atoms with Crippen LogP contribution in [0.2, 0.25) is 0 Å². The van der Waals surface area contributed by atoms with Gasteiger partial charge in [-0.1, -0.05) is 0 Å². The van der Waals surface area contributed by atoms with E-state index in [-0.39, 0.29) is 0 Å². The molecule has 0 aliphatic carbocycles. The zero-order valence-electron chi connectivity index (χ0n) is 9.91. The van der Waals surface area contributed by atoms with Gasteiger partial charge in [-0.15, -0.1) is 22.7 Å². The molecule has 0 aromatic carbocycles. The molecule has 0 amide bonds. The highest BCUT2D eigenvalue weighted by molar-refractivity contribution is 7.11. The van der Waals surface area contributed by atoms with E-state index in [1.807, 2.05) is 22.7 Å². The number of aryl methyl sites for hydroxylation is 2. The van der Waals surface area contributed by atoms with Gasteiger partial charge in [0, 0.05) is 27.2 Å². The van der Waals surface area contributed by atoms with E-state index in [9.17, 15) is 0 Å². The summed E-state index contributed by atoms with van der Waals surface area (Å²) >= 11 is 3.71. The largest absolute Gasteiger partial charge is 0.305 e. The van der Waals surface area contributed by atoms with Crippen LogP contribution >= 0.6 is 22.7 Å². The highest BCUT2D eigenvalue weighted by atomic mass is 32.1. The first-order valence-electron chi connectivity index (χ1n) is 5.49. The second-order valence-corrected chi connectivity index (χ2v) is 6.40. The molecule has 3 heteroatoms. The zero-order valence-corrected chi connectivity index (χ0v) is 11.5. The summed E-state index contributed by atoms with van der Waals surface area (Å²) in [6.45, 7) is 7.54. The number of nitrogens with one attached hydrogen (secondary N) is 1. The van der Waals surface area contributed by atoms with Crippen molar-refractivity contribution in [1.82, 2.24) is 5.32 Å². The van der Waals surface area contributed by atoms with Crippen LogP contribution in [-0.4, -0.2) is 0 Å². The van der Waals surface area contributed by atoms with Gasteiger partial charge in [0.15, 0.2) is 0 Å². The van der Waals surface area contributed by atoms with Gasteiger partial charge in [0.1, 0.15) is 0 Å². The standard InChI is InChI=1S/C13H17NS2/c1-9-6-7-15-13(9)11(3)14-8-12-5-4-10(2)16-12/h4-7,11,14H,8H2,1-3H3. The van der Waals surface area contributed by atoms with Crippen LogP contribution in [0.4, 0.5) is 0 Å². The van der Waals surface area contributed by atoms with E-state index in [4.69, 9.17) is 0 Å². The van der Waals surface area contributed by atoms with Crippen molar-refractivity contribution in [3.05, 3.63) is 43.8 Å². The predicted octanol–water partition coefficient (Wildman–Crippen LogP) is 4.28. The Morgan fingerprint density at radius 2 is 2.06 bits per heavy atom. The summed E-state index contributed by atoms with van der Waals surface area (Å²) in [4.78, 5) is 4.25. The Morgan fingerprint density at radius 3 is 2.62 bits per heavy atom. The Morgan fingerprint density at radius 1 is 1.25 bits per heavy atom. The lowest BCUT2D eigenvalue weighted by Crippen LogP contribution is -2.17. The van der Waals surface area contributed by atoms with Crippen LogP contribution in [0.15, 0.2) is 23.6 Å². The first-order valence-corrected chi connectivity index (χ1v) is 7.19. The van der Waals surface area contributed by atoms with Crippen molar-refractivity contribution in [2.75, 3.05) is 0 Å². The van der Waals surface area contributed by atoms with E-state index >= 15 is 0 Å². The zero-order chi connectivity index (χ0) is 11.5. The molecule has 0 fully saturated rings. The van der Waals surface area contributed by atoms with Gasteiger partial charge >= 0.3 is 0 Å². The molecule has 16 heavy (non-hydrogen) atoms. The van der Waals surface area contributed by atoms with Gasteiger partial charge in [-0.05, 0) is 49.9 Å². The molecule has 0 bridgehead atoms. The summed E-state index contributed by atoms with van der Waals surface area (Å²) in [6.07, 6.45) is 0. The molecular weight excluding hydrogens is 234 g/mol. The molecule has 0 aliphatic heterocycles. The molecule has 0 spiro atoms. The lowest BCUT2D eigenvalue weighted by atomic mass is 10.2. The molecule has 0 saturated heterocycles. The average Bonchev–Trinajstić information content (AvgIpc) is 2.84. The summed E-state index contributed by atoms with van der Waals surface area (Å²) in [6, 6.07) is 7.03. The van der Waals surface area contributed by atoms with E-state index < -0.39 is 0 Å². The molecule has 2 rings (SSSR count). The van der Waals surface area contributed by atoms with Gasteiger partial charge in [-0.2, -0.15) is 0 Å². The van der Waals surface area contributed by atoms with Crippen LogP contribution in [-0.2, 0) is 6.54 Å². The Hall–Kier alpha value is -0.640. The van der Waals surface area contributed by atoms with Crippen molar-refractivity contribution in [3.63, 3.8) is 0 Å². The van der Waals surface area contributed by atoms with E-state index in [2.05, 4.69) is 49.7 Å². The van der Waals surface area contributed by atoms with Crippen molar-refractivity contribution < 1.29 is 0 Å². The van der Waals surface area contributed by atoms with Crippen molar-refractivity contribution in [2.24, 2.45) is 0 Å². The minimum absolute atomic E-state index is 0.447. The number of hydrogen-bond acceptors (Lipinski definition) is 3. The van der Waals surface area contributed by atoms with Crippen LogP contribution in [0.3, 0.4) is 0 Å². The van der Waals surface area contributed by atoms with E-state index in [0.717, 1.165) is 6.54 Å². The van der Waals surface area contributed by atoms with Crippen molar-refractivity contribution in [1.29, 1.82) is 0 Å². The van der Waals surface area contributed by atoms with Gasteiger partial charge in [-0.3, -0.25) is 0 Å². The smallest absolute Gasteiger partial charge is 0.0391 e. The Kier molecular flexibility index (Phi) is 3.79. The fourth-order valence-electron chi connectivity index (χ4n) is 1.75. The van der Waals surface area contributed by atoms with Crippen LogP contribution in [0.5, 0.6) is 0 Å². The first-order chi connectivity index (χ1) is 7.66. The third kappa shape index (κ3) is 2.73. The molecule has 86 valence electrons. The quantitative estimate of drug-likeness (QED) is 0.855. The number of thiophene rings is 2. The first kappa shape index (κ1) is 11.8. The molecule has 0 radical (unpaired) electrons. The Labute approximate surface area is 105 Å². The van der Waals surface area contributed by atoms with Crippen LogP contribution in [0.25, 0.3) is 0 Å². The second kappa shape index (κ2) is 5.13. The summed E-state index contributed by atoms with van der Waals surface area (Å²) in [5, 5.41) is 5.74. The summed E-state index contributed by atoms with van der Waals surface area (Å²) < 4.78 is 0. The van der Waals surface area contributed by atoms with Crippen LogP contribution in [0, 0.1) is 13.8 Å². The molecular formula is C13H17NS2. The van der Waals surface area contributed by atoms with Crippen molar-refractivity contribution >= 4 is 22.7 Å². The van der Waals surface area contributed by atoms with E-state index in [0.29, 0.717) is 6.04 Å². The average molecular weight is 251 g/mol. The fraction of sp³-hybridized carbons (Fsp3) is 0.385. The number of rotatable bonds is 4. The molecule has 0 aliphatic rings. The van der Waals surface area contributed by atoms with Gasteiger partial charge in [0.2, 0.25) is 0 Å². The topological polar surface area (TPSA) is 12.0 Å². The maximum absolute atomic E-state index is 3.58. The molecule has 2 aromatic heterocycles. The molecule has 1 N–H and O–H groups in total. The van der Waals surface area contributed by atoms with Gasteiger partial charge in [0.05, 0.1) is 0 Å². The van der Waals surface area contributed by atoms with E-state index in [1.165, 1.54) is 20.2 Å². The lowest BCUT2D eigenvalue weighted by molar-refractivity contribution is 0.585. The van der Waals surface area contributed by atoms with Gasteiger partial charge in [0.25, 0.3) is 0 Å². The molecule has 0 saturated carbocycles. The third-order valence-electron chi connectivity index (χ3n) is 2.67. The maximum Gasteiger partial charge on any atom is 0.0391 e. The Balaban J connectivity index is 1.93. The van der Waals surface area contributed by atoms with Crippen molar-refractivity contribution in [3.8, 4) is 0 Å². The SMILES string of the molecule is Cc1ccc(CNC(C)c2sccc2C)s1. The molecule has 1 nitrogen and oxygen atoms in total. The molecule has 1 unspecified atom stereocenters. The highest BCUT2D eigenvalue weighted by Crippen LogP contribution is 2.24. The monoisotopic (exact) mass is 251 g/mol. The van der Waals surface area contributed by atoms with Crippen LogP contribution < -0.4 is 5.32 Å². The van der Waals surface area contributed by atoms with Gasteiger partial charge in [-0.25, -0.2) is 0 Å². The molecule has 2 heterocycles. The highest BCUT2D eigenvalue weighted by Gasteiger charge is 2.09. The lowest BCUT2D eigenvalue weighted by Gasteiger charge is -2.12.